The molecule has 7 heteroatoms. The van der Waals surface area contributed by atoms with Gasteiger partial charge in [-0.15, -0.1) is 0 Å². The molecule has 1 rings (SSSR count). The zero-order valence-corrected chi connectivity index (χ0v) is 15.7. The van der Waals surface area contributed by atoms with Crippen LogP contribution in [0.15, 0.2) is 24.3 Å². The Bertz CT molecular complexity index is 637. The number of urea groups is 1. The number of rotatable bonds is 5. The van der Waals surface area contributed by atoms with E-state index in [9.17, 15) is 14.4 Å². The highest BCUT2D eigenvalue weighted by Gasteiger charge is 2.19. The van der Waals surface area contributed by atoms with E-state index in [0.717, 1.165) is 0 Å². The molecule has 1 aromatic rings. The third-order valence-electron chi connectivity index (χ3n) is 3.44. The van der Waals surface area contributed by atoms with Gasteiger partial charge in [0.1, 0.15) is 5.60 Å². The Labute approximate surface area is 148 Å². The summed E-state index contributed by atoms with van der Waals surface area (Å²) in [4.78, 5) is 36.8. The highest BCUT2D eigenvalue weighted by atomic mass is 16.6. The SMILES string of the molecule is CC(=O)c1cccc(NC(=O)N(C)[C@@H](C)CNC(=O)OC(C)(C)C)c1. The highest BCUT2D eigenvalue weighted by molar-refractivity contribution is 5.96. The summed E-state index contributed by atoms with van der Waals surface area (Å²) in [6.45, 7) is 8.88. The van der Waals surface area contributed by atoms with E-state index >= 15 is 0 Å². The Morgan fingerprint density at radius 2 is 1.88 bits per heavy atom. The molecule has 7 nitrogen and oxygen atoms in total. The highest BCUT2D eigenvalue weighted by Crippen LogP contribution is 2.12. The van der Waals surface area contributed by atoms with Crippen LogP contribution in [0, 0.1) is 0 Å². The summed E-state index contributed by atoms with van der Waals surface area (Å²) in [5.74, 6) is -0.0700. The second-order valence-corrected chi connectivity index (χ2v) is 6.91. The van der Waals surface area contributed by atoms with Crippen molar-refractivity contribution in [1.29, 1.82) is 0 Å². The first-order chi connectivity index (χ1) is 11.5. The van der Waals surface area contributed by atoms with Crippen molar-refractivity contribution in [2.45, 2.75) is 46.3 Å². The number of carbonyl (C=O) groups excluding carboxylic acids is 3. The zero-order valence-electron chi connectivity index (χ0n) is 15.7. The van der Waals surface area contributed by atoms with Gasteiger partial charge in [0.05, 0.1) is 0 Å². The van der Waals surface area contributed by atoms with Gasteiger partial charge in [-0.05, 0) is 46.8 Å². The van der Waals surface area contributed by atoms with Gasteiger partial charge >= 0.3 is 12.1 Å². The minimum atomic E-state index is -0.571. The first kappa shape index (κ1) is 20.5. The largest absolute Gasteiger partial charge is 0.444 e. The fourth-order valence-corrected chi connectivity index (χ4v) is 1.91. The Hall–Kier alpha value is -2.57. The van der Waals surface area contributed by atoms with Gasteiger partial charge in [-0.2, -0.15) is 0 Å². The van der Waals surface area contributed by atoms with E-state index in [0.29, 0.717) is 11.3 Å². The van der Waals surface area contributed by atoms with E-state index < -0.39 is 11.7 Å². The molecule has 0 heterocycles. The number of anilines is 1. The minimum Gasteiger partial charge on any atom is -0.444 e. The van der Waals surface area contributed by atoms with Crippen molar-refractivity contribution in [3.05, 3.63) is 29.8 Å². The van der Waals surface area contributed by atoms with Crippen LogP contribution in [0.5, 0.6) is 0 Å². The van der Waals surface area contributed by atoms with E-state index in [2.05, 4.69) is 10.6 Å². The maximum atomic E-state index is 12.3. The van der Waals surface area contributed by atoms with Crippen LogP contribution in [0.3, 0.4) is 0 Å². The number of benzene rings is 1. The summed E-state index contributed by atoms with van der Waals surface area (Å²) in [5, 5.41) is 5.37. The minimum absolute atomic E-state index is 0.0700. The van der Waals surface area contributed by atoms with Crippen molar-refractivity contribution < 1.29 is 19.1 Å². The van der Waals surface area contributed by atoms with E-state index in [1.807, 2.05) is 6.92 Å². The molecule has 0 aromatic heterocycles. The van der Waals surface area contributed by atoms with Gasteiger partial charge in [0.15, 0.2) is 5.78 Å². The van der Waals surface area contributed by atoms with Crippen LogP contribution in [0.4, 0.5) is 15.3 Å². The monoisotopic (exact) mass is 349 g/mol. The number of nitrogens with zero attached hydrogens (tertiary/aromatic N) is 1. The number of ketones is 1. The van der Waals surface area contributed by atoms with Crippen molar-refractivity contribution in [2.75, 3.05) is 18.9 Å². The van der Waals surface area contributed by atoms with Crippen LogP contribution in [0.1, 0.15) is 45.0 Å². The molecule has 0 spiro atoms. The number of alkyl carbamates (subject to hydrolysis) is 1. The molecule has 0 aliphatic heterocycles. The molecule has 1 aromatic carbocycles. The molecular formula is C18H27N3O4. The maximum absolute atomic E-state index is 12.3. The molecular weight excluding hydrogens is 322 g/mol. The predicted octanol–water partition coefficient (Wildman–Crippen LogP) is 3.27. The van der Waals surface area contributed by atoms with E-state index in [1.54, 1.807) is 52.1 Å². The number of hydrogen-bond donors (Lipinski definition) is 2. The van der Waals surface area contributed by atoms with Crippen molar-refractivity contribution in [3.63, 3.8) is 0 Å². The Morgan fingerprint density at radius 1 is 1.24 bits per heavy atom. The molecule has 3 amide bonds. The fourth-order valence-electron chi connectivity index (χ4n) is 1.91. The van der Waals surface area contributed by atoms with E-state index in [1.165, 1.54) is 11.8 Å². The molecule has 0 saturated carbocycles. The van der Waals surface area contributed by atoms with Gasteiger partial charge in [0.2, 0.25) is 0 Å². The van der Waals surface area contributed by atoms with E-state index in [-0.39, 0.29) is 24.4 Å². The summed E-state index contributed by atoms with van der Waals surface area (Å²) in [5.41, 5.74) is 0.496. The molecule has 138 valence electrons. The van der Waals surface area contributed by atoms with Crippen LogP contribution in [0.25, 0.3) is 0 Å². The lowest BCUT2D eigenvalue weighted by atomic mass is 10.1. The average Bonchev–Trinajstić information content (AvgIpc) is 2.50. The van der Waals surface area contributed by atoms with Gasteiger partial charge in [0, 0.05) is 30.9 Å². The summed E-state index contributed by atoms with van der Waals surface area (Å²) < 4.78 is 5.16. The molecule has 0 aliphatic carbocycles. The lowest BCUT2D eigenvalue weighted by molar-refractivity contribution is 0.0516. The van der Waals surface area contributed by atoms with Crippen molar-refractivity contribution in [1.82, 2.24) is 10.2 Å². The summed E-state index contributed by atoms with van der Waals surface area (Å²) >= 11 is 0. The Kier molecular flexibility index (Phi) is 6.97. The van der Waals surface area contributed by atoms with Crippen molar-refractivity contribution >= 4 is 23.6 Å². The quantitative estimate of drug-likeness (QED) is 0.799. The van der Waals surface area contributed by atoms with Crippen molar-refractivity contribution in [3.8, 4) is 0 Å². The summed E-state index contributed by atoms with van der Waals surface area (Å²) in [6, 6.07) is 6.15. The van der Waals surface area contributed by atoms with Gasteiger partial charge in [0.25, 0.3) is 0 Å². The van der Waals surface area contributed by atoms with Crippen LogP contribution in [-0.2, 0) is 4.74 Å². The van der Waals surface area contributed by atoms with E-state index in [4.69, 9.17) is 4.74 Å². The molecule has 0 aliphatic rings. The maximum Gasteiger partial charge on any atom is 0.407 e. The van der Waals surface area contributed by atoms with Crippen LogP contribution >= 0.6 is 0 Å². The molecule has 2 N–H and O–H groups in total. The number of ether oxygens (including phenoxy) is 1. The number of likely N-dealkylation sites (N-methyl/N-ethyl adjacent to an activating group) is 1. The number of amides is 3. The fraction of sp³-hybridized carbons (Fsp3) is 0.500. The average molecular weight is 349 g/mol. The van der Waals surface area contributed by atoms with Gasteiger partial charge < -0.3 is 20.3 Å². The first-order valence-corrected chi connectivity index (χ1v) is 8.11. The third-order valence-corrected chi connectivity index (χ3v) is 3.44. The first-order valence-electron chi connectivity index (χ1n) is 8.11. The second-order valence-electron chi connectivity index (χ2n) is 6.91. The molecule has 0 radical (unpaired) electrons. The number of hydrogen-bond acceptors (Lipinski definition) is 4. The number of carbonyl (C=O) groups is 3. The summed E-state index contributed by atoms with van der Waals surface area (Å²) in [6.07, 6.45) is -0.526. The number of nitrogens with one attached hydrogen (secondary N) is 2. The Morgan fingerprint density at radius 3 is 2.44 bits per heavy atom. The Balaban J connectivity index is 2.56. The van der Waals surface area contributed by atoms with Gasteiger partial charge in [-0.3, -0.25) is 4.79 Å². The predicted molar refractivity (Wildman–Crippen MR) is 96.9 cm³/mol. The molecule has 1 atom stereocenters. The standard InChI is InChI=1S/C18H27N3O4/c1-12(11-19-17(24)25-18(3,4)5)21(6)16(23)20-15-9-7-8-14(10-15)13(2)22/h7-10,12H,11H2,1-6H3,(H,19,24)(H,20,23)/t12-/m0/s1. The normalized spacial score (nSPS) is 12.1. The number of Topliss-reactive ketones (excluding diaryl/α,β-unsaturated/α-hetero) is 1. The third kappa shape index (κ3) is 7.24. The van der Waals surface area contributed by atoms with Gasteiger partial charge in [-0.1, -0.05) is 12.1 Å². The van der Waals surface area contributed by atoms with Crippen LogP contribution < -0.4 is 10.6 Å². The lowest BCUT2D eigenvalue weighted by Gasteiger charge is -2.26. The molecule has 0 saturated heterocycles. The molecule has 0 bridgehead atoms. The lowest BCUT2D eigenvalue weighted by Crippen LogP contribution is -2.45. The molecule has 25 heavy (non-hydrogen) atoms. The topological polar surface area (TPSA) is 87.7 Å². The molecule has 0 fully saturated rings. The smallest absolute Gasteiger partial charge is 0.407 e. The molecule has 0 unspecified atom stereocenters. The van der Waals surface area contributed by atoms with Crippen LogP contribution in [-0.4, -0.2) is 48.0 Å². The second kappa shape index (κ2) is 8.50. The summed E-state index contributed by atoms with van der Waals surface area (Å²) in [7, 11) is 1.63. The van der Waals surface area contributed by atoms with Crippen LogP contribution in [0.2, 0.25) is 0 Å². The van der Waals surface area contributed by atoms with Crippen molar-refractivity contribution in [2.24, 2.45) is 0 Å². The zero-order chi connectivity index (χ0) is 19.2. The van der Waals surface area contributed by atoms with Gasteiger partial charge in [-0.25, -0.2) is 9.59 Å².